The highest BCUT2D eigenvalue weighted by Crippen LogP contribution is 2.36. The third-order valence-corrected chi connectivity index (χ3v) is 6.82. The van der Waals surface area contributed by atoms with E-state index in [-0.39, 0.29) is 11.3 Å². The van der Waals surface area contributed by atoms with Crippen molar-refractivity contribution in [2.45, 2.75) is 29.1 Å². The van der Waals surface area contributed by atoms with Crippen LogP contribution in [0.3, 0.4) is 0 Å². The Balaban J connectivity index is 1.96. The van der Waals surface area contributed by atoms with Gasteiger partial charge in [-0.25, -0.2) is 8.42 Å². The third kappa shape index (κ3) is 4.03. The van der Waals surface area contributed by atoms with Crippen LogP contribution in [0.2, 0.25) is 0 Å². The van der Waals surface area contributed by atoms with E-state index in [1.807, 2.05) is 30.3 Å². The summed E-state index contributed by atoms with van der Waals surface area (Å²) in [5.74, 6) is -2.23. The number of benzene rings is 2. The van der Waals surface area contributed by atoms with Gasteiger partial charge in [-0.1, -0.05) is 48.5 Å². The number of sulfone groups is 1. The van der Waals surface area contributed by atoms with Gasteiger partial charge >= 0.3 is 11.9 Å². The lowest BCUT2D eigenvalue weighted by Crippen LogP contribution is -2.36. The quantitative estimate of drug-likeness (QED) is 0.705. The fourth-order valence-electron chi connectivity index (χ4n) is 3.34. The topological polar surface area (TPSA) is 86.7 Å². The van der Waals surface area contributed by atoms with Crippen molar-refractivity contribution >= 4 is 21.8 Å². The normalized spacial score (nSPS) is 22.3. The Bertz CT molecular complexity index is 908. The lowest BCUT2D eigenvalue weighted by atomic mass is 9.92. The highest BCUT2D eigenvalue weighted by atomic mass is 32.2. The zero-order valence-corrected chi connectivity index (χ0v) is 15.6. The molecule has 0 saturated carbocycles. The number of esters is 2. The maximum Gasteiger partial charge on any atom is 0.325 e. The fourth-order valence-corrected chi connectivity index (χ4v) is 5.21. The van der Waals surface area contributed by atoms with Gasteiger partial charge < -0.3 is 9.47 Å². The Labute approximate surface area is 158 Å². The highest BCUT2D eigenvalue weighted by molar-refractivity contribution is 7.92. The molecule has 2 aromatic carbocycles. The lowest BCUT2D eigenvalue weighted by molar-refractivity contribution is -0.144. The number of carbonyl (C=O) groups is 2. The second-order valence-electron chi connectivity index (χ2n) is 6.39. The summed E-state index contributed by atoms with van der Waals surface area (Å²) < 4.78 is 36.3. The van der Waals surface area contributed by atoms with Gasteiger partial charge in [0.2, 0.25) is 0 Å². The van der Waals surface area contributed by atoms with Crippen LogP contribution in [0.4, 0.5) is 0 Å². The Hall–Kier alpha value is -2.67. The highest BCUT2D eigenvalue weighted by Gasteiger charge is 2.52. The number of ether oxygens (including phenoxy) is 2. The van der Waals surface area contributed by atoms with Gasteiger partial charge in [0.05, 0.1) is 18.4 Å². The monoisotopic (exact) mass is 388 g/mol. The van der Waals surface area contributed by atoms with Crippen molar-refractivity contribution < 1.29 is 27.5 Å². The molecule has 1 unspecified atom stereocenters. The zero-order chi connectivity index (χ0) is 19.4. The number of carbonyl (C=O) groups excluding carboxylic acids is 2. The first-order valence-electron chi connectivity index (χ1n) is 8.53. The smallest absolute Gasteiger partial charge is 0.325 e. The van der Waals surface area contributed by atoms with E-state index in [0.29, 0.717) is 6.42 Å². The predicted octanol–water partition coefficient (Wildman–Crippen LogP) is 2.18. The van der Waals surface area contributed by atoms with Crippen LogP contribution < -0.4 is 0 Å². The van der Waals surface area contributed by atoms with E-state index in [4.69, 9.17) is 9.47 Å². The molecule has 7 heteroatoms. The van der Waals surface area contributed by atoms with Gasteiger partial charge in [-0.3, -0.25) is 9.59 Å². The molecule has 1 aliphatic rings. The molecule has 27 heavy (non-hydrogen) atoms. The molecule has 3 rings (SSSR count). The van der Waals surface area contributed by atoms with Gasteiger partial charge in [0, 0.05) is 12.3 Å². The van der Waals surface area contributed by atoms with Crippen LogP contribution >= 0.6 is 0 Å². The molecule has 0 bridgehead atoms. The van der Waals surface area contributed by atoms with Crippen LogP contribution in [0.25, 0.3) is 0 Å². The molecular weight excluding hydrogens is 368 g/mol. The summed E-state index contributed by atoms with van der Waals surface area (Å²) in [6, 6.07) is 17.0. The SMILES string of the molecule is COC(=O)C[C@H]1C(Cc2ccccc2)OC(=O)[C@@H]1S(=O)(=O)c1ccccc1. The summed E-state index contributed by atoms with van der Waals surface area (Å²) in [6.07, 6.45) is -0.603. The molecule has 0 spiro atoms. The van der Waals surface area contributed by atoms with Gasteiger partial charge in [-0.05, 0) is 17.7 Å². The van der Waals surface area contributed by atoms with Crippen molar-refractivity contribution in [3.05, 3.63) is 66.2 Å². The number of cyclic esters (lactones) is 1. The summed E-state index contributed by atoms with van der Waals surface area (Å²) in [5.41, 5.74) is 0.892. The maximum atomic E-state index is 13.1. The van der Waals surface area contributed by atoms with Crippen molar-refractivity contribution in [3.8, 4) is 0 Å². The minimum atomic E-state index is -4.00. The van der Waals surface area contributed by atoms with E-state index in [0.717, 1.165) is 5.56 Å². The van der Waals surface area contributed by atoms with Crippen molar-refractivity contribution in [2.75, 3.05) is 7.11 Å². The van der Waals surface area contributed by atoms with E-state index in [9.17, 15) is 18.0 Å². The van der Waals surface area contributed by atoms with Crippen LogP contribution in [-0.4, -0.2) is 38.8 Å². The molecule has 1 fully saturated rings. The summed E-state index contributed by atoms with van der Waals surface area (Å²) in [5, 5.41) is -1.44. The number of hydrogen-bond acceptors (Lipinski definition) is 6. The third-order valence-electron chi connectivity index (χ3n) is 4.68. The Morgan fingerprint density at radius 2 is 1.63 bits per heavy atom. The molecule has 2 aromatic rings. The zero-order valence-electron chi connectivity index (χ0n) is 14.8. The van der Waals surface area contributed by atoms with E-state index in [1.165, 1.54) is 19.2 Å². The van der Waals surface area contributed by atoms with E-state index < -0.39 is 39.0 Å². The molecule has 0 N–H and O–H groups in total. The molecule has 0 amide bonds. The molecule has 1 saturated heterocycles. The van der Waals surface area contributed by atoms with Gasteiger partial charge in [0.15, 0.2) is 15.1 Å². The Morgan fingerprint density at radius 1 is 1.04 bits per heavy atom. The standard InChI is InChI=1S/C20H20O6S/c1-25-18(21)13-16-17(12-14-8-4-2-5-9-14)26-20(22)19(16)27(23,24)15-10-6-3-7-11-15/h2-11,16-17,19H,12-13H2,1H3/t16-,17?,19+/m0/s1. The Morgan fingerprint density at radius 3 is 2.22 bits per heavy atom. The molecule has 6 nitrogen and oxygen atoms in total. The predicted molar refractivity (Wildman–Crippen MR) is 97.6 cm³/mol. The largest absolute Gasteiger partial charge is 0.469 e. The van der Waals surface area contributed by atoms with Gasteiger partial charge in [0.1, 0.15) is 6.10 Å². The number of hydrogen-bond donors (Lipinski definition) is 0. The Kier molecular flexibility index (Phi) is 5.60. The number of rotatable bonds is 6. The lowest BCUT2D eigenvalue weighted by Gasteiger charge is -2.20. The molecule has 0 radical (unpaired) electrons. The van der Waals surface area contributed by atoms with Gasteiger partial charge in [-0.15, -0.1) is 0 Å². The molecule has 142 valence electrons. The average Bonchev–Trinajstić information content (AvgIpc) is 2.98. The molecule has 3 atom stereocenters. The second-order valence-corrected chi connectivity index (χ2v) is 8.46. The average molecular weight is 388 g/mol. The van der Waals surface area contributed by atoms with Crippen LogP contribution in [0.1, 0.15) is 12.0 Å². The fraction of sp³-hybridized carbons (Fsp3) is 0.300. The van der Waals surface area contributed by atoms with Crippen molar-refractivity contribution in [3.63, 3.8) is 0 Å². The van der Waals surface area contributed by atoms with Crippen LogP contribution in [0.5, 0.6) is 0 Å². The van der Waals surface area contributed by atoms with Gasteiger partial charge in [0.25, 0.3) is 0 Å². The van der Waals surface area contributed by atoms with Crippen molar-refractivity contribution in [1.82, 2.24) is 0 Å². The van der Waals surface area contributed by atoms with Gasteiger partial charge in [-0.2, -0.15) is 0 Å². The van der Waals surface area contributed by atoms with E-state index in [2.05, 4.69) is 0 Å². The molecular formula is C20H20O6S. The van der Waals surface area contributed by atoms with E-state index in [1.54, 1.807) is 18.2 Å². The van der Waals surface area contributed by atoms with Crippen LogP contribution in [0.15, 0.2) is 65.6 Å². The maximum absolute atomic E-state index is 13.1. The first-order valence-corrected chi connectivity index (χ1v) is 10.1. The molecule has 0 aromatic heterocycles. The second kappa shape index (κ2) is 7.92. The molecule has 1 aliphatic heterocycles. The van der Waals surface area contributed by atoms with E-state index >= 15 is 0 Å². The van der Waals surface area contributed by atoms with Crippen molar-refractivity contribution in [1.29, 1.82) is 0 Å². The summed E-state index contributed by atoms with van der Waals surface area (Å²) in [4.78, 5) is 24.4. The van der Waals surface area contributed by atoms with Crippen LogP contribution in [0, 0.1) is 5.92 Å². The molecule has 1 heterocycles. The van der Waals surface area contributed by atoms with Crippen LogP contribution in [-0.2, 0) is 35.3 Å². The number of methoxy groups -OCH3 is 1. The minimum Gasteiger partial charge on any atom is -0.469 e. The summed E-state index contributed by atoms with van der Waals surface area (Å²) >= 11 is 0. The van der Waals surface area contributed by atoms with Crippen molar-refractivity contribution in [2.24, 2.45) is 5.92 Å². The first kappa shape index (κ1) is 19.1. The summed E-state index contributed by atoms with van der Waals surface area (Å²) in [6.45, 7) is 0. The first-order chi connectivity index (χ1) is 12.9. The minimum absolute atomic E-state index is 0.0298. The summed E-state index contributed by atoms with van der Waals surface area (Å²) in [7, 11) is -2.77. The molecule has 0 aliphatic carbocycles.